The van der Waals surface area contributed by atoms with Crippen LogP contribution < -0.4 is 5.73 Å². The summed E-state index contributed by atoms with van der Waals surface area (Å²) in [6.07, 6.45) is 0. The number of nitrogens with one attached hydrogen (secondary N) is 1. The summed E-state index contributed by atoms with van der Waals surface area (Å²) < 4.78 is 30.2. The fraction of sp³-hybridized carbons (Fsp3) is 0.500. The number of amides is 1. The third-order valence-corrected chi connectivity index (χ3v) is 6.73. The van der Waals surface area contributed by atoms with E-state index in [0.717, 1.165) is 11.5 Å². The third-order valence-electron chi connectivity index (χ3n) is 5.03. The van der Waals surface area contributed by atoms with Crippen LogP contribution in [0.4, 0.5) is 5.82 Å². The zero-order valence-corrected chi connectivity index (χ0v) is 15.2. The van der Waals surface area contributed by atoms with Gasteiger partial charge < -0.3 is 15.1 Å². The molecule has 26 heavy (non-hydrogen) atoms. The molecule has 2 aliphatic rings. The molecule has 0 unspecified atom stereocenters. The van der Waals surface area contributed by atoms with Crippen molar-refractivity contribution in [3.8, 4) is 0 Å². The number of hydrogen-bond donors (Lipinski definition) is 2. The molecule has 3 N–H and O–H groups in total. The lowest BCUT2D eigenvalue weighted by atomic mass is 10.0. The summed E-state index contributed by atoms with van der Waals surface area (Å²) in [6.45, 7) is 3.42. The number of aromatic amines is 1. The maximum Gasteiger partial charge on any atom is 0.272 e. The fourth-order valence-corrected chi connectivity index (χ4v) is 5.86. The number of nitrogens with zero attached hydrogens (tertiary/aromatic N) is 3. The van der Waals surface area contributed by atoms with Crippen LogP contribution in [0.3, 0.4) is 0 Å². The molecule has 4 rings (SSSR count). The maximum absolute atomic E-state index is 12.8. The first kappa shape index (κ1) is 17.1. The van der Waals surface area contributed by atoms with Gasteiger partial charge in [-0.15, -0.1) is 0 Å². The van der Waals surface area contributed by atoms with Crippen molar-refractivity contribution in [1.82, 2.24) is 20.0 Å². The summed E-state index contributed by atoms with van der Waals surface area (Å²) in [7, 11) is -3.21. The first-order chi connectivity index (χ1) is 12.3. The van der Waals surface area contributed by atoms with Gasteiger partial charge in [0, 0.05) is 25.2 Å². The number of sulfone groups is 1. The number of rotatable bonds is 3. The largest absolute Gasteiger partial charge is 0.465 e. The predicted molar refractivity (Wildman–Crippen MR) is 94.1 cm³/mol. The van der Waals surface area contributed by atoms with Crippen molar-refractivity contribution in [2.24, 2.45) is 0 Å². The molecular formula is C16H21N5O4S. The van der Waals surface area contributed by atoms with Crippen molar-refractivity contribution in [3.63, 3.8) is 0 Å². The van der Waals surface area contributed by atoms with Gasteiger partial charge in [-0.05, 0) is 19.1 Å². The molecule has 2 saturated heterocycles. The summed E-state index contributed by atoms with van der Waals surface area (Å²) in [6, 6.07) is 4.63. The zero-order valence-electron chi connectivity index (χ0n) is 14.4. The number of anilines is 1. The van der Waals surface area contributed by atoms with Crippen LogP contribution in [0.2, 0.25) is 0 Å². The Labute approximate surface area is 151 Å². The molecule has 0 bridgehead atoms. The van der Waals surface area contributed by atoms with Crippen molar-refractivity contribution in [3.05, 3.63) is 35.4 Å². The second-order valence-electron chi connectivity index (χ2n) is 6.90. The van der Waals surface area contributed by atoms with Gasteiger partial charge in [-0.1, -0.05) is 0 Å². The minimum Gasteiger partial charge on any atom is -0.465 e. The molecule has 4 heterocycles. The van der Waals surface area contributed by atoms with Crippen molar-refractivity contribution in [1.29, 1.82) is 0 Å². The Bertz CT molecular complexity index is 934. The lowest BCUT2D eigenvalue weighted by Crippen LogP contribution is -2.60. The second-order valence-corrected chi connectivity index (χ2v) is 9.05. The topological polar surface area (TPSA) is 126 Å². The van der Waals surface area contributed by atoms with Crippen LogP contribution in [0.25, 0.3) is 0 Å². The van der Waals surface area contributed by atoms with Gasteiger partial charge in [0.2, 0.25) is 0 Å². The molecule has 2 fully saturated rings. The lowest BCUT2D eigenvalue weighted by Gasteiger charge is -2.43. The van der Waals surface area contributed by atoms with Gasteiger partial charge in [0.05, 0.1) is 24.1 Å². The molecule has 0 radical (unpaired) electrons. The van der Waals surface area contributed by atoms with E-state index >= 15 is 0 Å². The standard InChI is InChI=1S/C16H21N5O4S/c1-10-2-3-11(25-10)7-20-4-5-21(14-9-26(23,24)8-13(14)20)16(22)12-6-15(17)19-18-12/h2-3,6,13-14H,4-5,7-9H2,1H3,(H3,17,18,19)/t13-,14+/m1/s1. The van der Waals surface area contributed by atoms with E-state index in [2.05, 4.69) is 15.1 Å². The monoisotopic (exact) mass is 379 g/mol. The molecule has 2 atom stereocenters. The summed E-state index contributed by atoms with van der Waals surface area (Å²) in [5, 5.41) is 6.40. The van der Waals surface area contributed by atoms with Crippen molar-refractivity contribution in [2.45, 2.75) is 25.6 Å². The number of nitrogen functional groups attached to an aromatic ring is 1. The van der Waals surface area contributed by atoms with E-state index in [0.29, 0.717) is 19.6 Å². The highest BCUT2D eigenvalue weighted by atomic mass is 32.2. The quantitative estimate of drug-likeness (QED) is 0.770. The van der Waals surface area contributed by atoms with Gasteiger partial charge in [-0.3, -0.25) is 14.8 Å². The van der Waals surface area contributed by atoms with Crippen LogP contribution in [0.15, 0.2) is 22.6 Å². The van der Waals surface area contributed by atoms with E-state index in [1.165, 1.54) is 6.07 Å². The minimum atomic E-state index is -3.21. The van der Waals surface area contributed by atoms with E-state index in [-0.39, 0.29) is 41.0 Å². The Hall–Kier alpha value is -2.33. The predicted octanol–water partition coefficient (Wildman–Crippen LogP) is 0.0169. The van der Waals surface area contributed by atoms with Gasteiger partial charge in [-0.2, -0.15) is 5.10 Å². The SMILES string of the molecule is Cc1ccc(CN2CCN(C(=O)c3cc(N)n[nH]3)[C@H]3CS(=O)(=O)C[C@H]32)o1. The van der Waals surface area contributed by atoms with Gasteiger partial charge >= 0.3 is 0 Å². The van der Waals surface area contributed by atoms with Gasteiger partial charge in [0.25, 0.3) is 5.91 Å². The second kappa shape index (κ2) is 6.13. The van der Waals surface area contributed by atoms with Crippen molar-refractivity contribution < 1.29 is 17.6 Å². The number of H-pyrrole nitrogens is 1. The Morgan fingerprint density at radius 1 is 1.35 bits per heavy atom. The number of aryl methyl sites for hydroxylation is 1. The maximum atomic E-state index is 12.8. The molecule has 2 aromatic heterocycles. The molecule has 9 nitrogen and oxygen atoms in total. The molecule has 0 spiro atoms. The highest BCUT2D eigenvalue weighted by Crippen LogP contribution is 2.29. The van der Waals surface area contributed by atoms with Crippen LogP contribution in [-0.2, 0) is 16.4 Å². The van der Waals surface area contributed by atoms with Crippen LogP contribution in [-0.4, -0.2) is 71.0 Å². The van der Waals surface area contributed by atoms with E-state index in [1.807, 2.05) is 19.1 Å². The Kier molecular flexibility index (Phi) is 4.03. The molecular weight excluding hydrogens is 358 g/mol. The van der Waals surface area contributed by atoms with Gasteiger partial charge in [0.1, 0.15) is 23.0 Å². The molecule has 10 heteroatoms. The Balaban J connectivity index is 1.58. The van der Waals surface area contributed by atoms with Crippen LogP contribution in [0, 0.1) is 6.92 Å². The molecule has 0 aliphatic carbocycles. The normalized spacial score (nSPS) is 25.3. The lowest BCUT2D eigenvalue weighted by molar-refractivity contribution is 0.0280. The average molecular weight is 379 g/mol. The highest BCUT2D eigenvalue weighted by Gasteiger charge is 2.48. The summed E-state index contributed by atoms with van der Waals surface area (Å²) in [4.78, 5) is 16.5. The molecule has 2 aliphatic heterocycles. The molecule has 140 valence electrons. The third kappa shape index (κ3) is 3.10. The van der Waals surface area contributed by atoms with Crippen molar-refractivity contribution in [2.75, 3.05) is 30.3 Å². The van der Waals surface area contributed by atoms with Crippen LogP contribution in [0.1, 0.15) is 22.0 Å². The Morgan fingerprint density at radius 2 is 2.12 bits per heavy atom. The summed E-state index contributed by atoms with van der Waals surface area (Å²) in [5.74, 6) is 1.60. The van der Waals surface area contributed by atoms with Gasteiger partial charge in [-0.25, -0.2) is 8.42 Å². The van der Waals surface area contributed by atoms with Gasteiger partial charge in [0.15, 0.2) is 9.84 Å². The smallest absolute Gasteiger partial charge is 0.272 e. The summed E-state index contributed by atoms with van der Waals surface area (Å²) >= 11 is 0. The number of furan rings is 1. The molecule has 1 amide bonds. The highest BCUT2D eigenvalue weighted by molar-refractivity contribution is 7.91. The average Bonchev–Trinajstić information content (AvgIpc) is 3.25. The van der Waals surface area contributed by atoms with Crippen molar-refractivity contribution >= 4 is 21.6 Å². The number of carbonyl (C=O) groups is 1. The molecule has 2 aromatic rings. The number of hydrogen-bond acceptors (Lipinski definition) is 7. The number of carbonyl (C=O) groups excluding carboxylic acids is 1. The van der Waals surface area contributed by atoms with Crippen LogP contribution in [0.5, 0.6) is 0 Å². The summed E-state index contributed by atoms with van der Waals surface area (Å²) in [5.41, 5.74) is 5.86. The molecule has 0 aromatic carbocycles. The van der Waals surface area contributed by atoms with E-state index in [4.69, 9.17) is 10.2 Å². The number of nitrogens with two attached hydrogens (primary N) is 1. The molecule has 0 saturated carbocycles. The number of piperazine rings is 1. The fourth-order valence-electron chi connectivity index (χ4n) is 3.85. The first-order valence-electron chi connectivity index (χ1n) is 8.44. The van der Waals surface area contributed by atoms with E-state index < -0.39 is 9.84 Å². The first-order valence-corrected chi connectivity index (χ1v) is 10.3. The number of fused-ring (bicyclic) bond motifs is 1. The zero-order chi connectivity index (χ0) is 18.5. The van der Waals surface area contributed by atoms with E-state index in [9.17, 15) is 13.2 Å². The van der Waals surface area contributed by atoms with Crippen LogP contribution >= 0.6 is 0 Å². The minimum absolute atomic E-state index is 0.0271. The number of aromatic nitrogens is 2. The van der Waals surface area contributed by atoms with E-state index in [1.54, 1.807) is 4.90 Å². The Morgan fingerprint density at radius 3 is 2.77 bits per heavy atom.